The first kappa shape index (κ1) is 15.4. The van der Waals surface area contributed by atoms with Gasteiger partial charge in [-0.25, -0.2) is 0 Å². The Bertz CT molecular complexity index is 524. The van der Waals surface area contributed by atoms with Gasteiger partial charge in [-0.2, -0.15) is 0 Å². The fourth-order valence-corrected chi connectivity index (χ4v) is 2.16. The molecule has 0 aliphatic heterocycles. The van der Waals surface area contributed by atoms with Crippen molar-refractivity contribution >= 4 is 0 Å². The molecule has 0 amide bonds. The fourth-order valence-electron chi connectivity index (χ4n) is 2.16. The second-order valence-corrected chi connectivity index (χ2v) is 5.13. The highest BCUT2D eigenvalue weighted by Crippen LogP contribution is 2.25. The van der Waals surface area contributed by atoms with E-state index in [9.17, 15) is 0 Å². The number of ether oxygens (including phenoxy) is 2. The number of aryl methyl sites for hydroxylation is 1. The molecule has 0 N–H and O–H groups in total. The van der Waals surface area contributed by atoms with E-state index < -0.39 is 0 Å². The van der Waals surface area contributed by atoms with Gasteiger partial charge in [-0.3, -0.25) is 0 Å². The Morgan fingerprint density at radius 3 is 1.67 bits per heavy atom. The van der Waals surface area contributed by atoms with Gasteiger partial charge >= 0.3 is 0 Å². The van der Waals surface area contributed by atoms with Crippen LogP contribution in [0, 0.1) is 0 Å². The van der Waals surface area contributed by atoms with Gasteiger partial charge in [0.1, 0.15) is 17.2 Å². The molecule has 0 fully saturated rings. The normalized spacial score (nSPS) is 10.7. The van der Waals surface area contributed by atoms with E-state index in [1.54, 1.807) is 0 Å². The quantitative estimate of drug-likeness (QED) is 0.658. The summed E-state index contributed by atoms with van der Waals surface area (Å²) < 4.78 is 11.7. The predicted molar refractivity (Wildman–Crippen MR) is 87.3 cm³/mol. The molecular formula is C19H24O2. The van der Waals surface area contributed by atoms with E-state index in [0.29, 0.717) is 6.10 Å². The van der Waals surface area contributed by atoms with Crippen molar-refractivity contribution in [3.05, 3.63) is 54.1 Å². The maximum Gasteiger partial charge on any atom is 0.127 e. The zero-order valence-corrected chi connectivity index (χ0v) is 13.1. The van der Waals surface area contributed by atoms with E-state index in [1.807, 2.05) is 36.4 Å². The number of hydrogen-bond donors (Lipinski definition) is 0. The van der Waals surface area contributed by atoms with Crippen molar-refractivity contribution in [1.29, 1.82) is 0 Å². The van der Waals surface area contributed by atoms with Crippen LogP contribution in [0.25, 0.3) is 0 Å². The molecule has 0 bridgehead atoms. The Kier molecular flexibility index (Phi) is 5.68. The van der Waals surface area contributed by atoms with E-state index in [1.165, 1.54) is 5.56 Å². The molecule has 2 aromatic rings. The third-order valence-corrected chi connectivity index (χ3v) is 3.60. The molecule has 0 aromatic heterocycles. The largest absolute Gasteiger partial charge is 0.490 e. The van der Waals surface area contributed by atoms with Crippen molar-refractivity contribution < 1.29 is 9.47 Å². The molecule has 2 rings (SSSR count). The van der Waals surface area contributed by atoms with Crippen LogP contribution in [0.3, 0.4) is 0 Å². The number of benzene rings is 2. The van der Waals surface area contributed by atoms with Crippen molar-refractivity contribution in [3.63, 3.8) is 0 Å². The van der Waals surface area contributed by atoms with E-state index >= 15 is 0 Å². The Morgan fingerprint density at radius 2 is 1.19 bits per heavy atom. The number of rotatable bonds is 7. The van der Waals surface area contributed by atoms with Crippen LogP contribution in [-0.2, 0) is 6.42 Å². The third-order valence-electron chi connectivity index (χ3n) is 3.60. The van der Waals surface area contributed by atoms with Gasteiger partial charge in [-0.1, -0.05) is 32.9 Å². The molecular weight excluding hydrogens is 260 g/mol. The molecule has 2 heteroatoms. The zero-order valence-electron chi connectivity index (χ0n) is 13.1. The Hall–Kier alpha value is -1.96. The maximum atomic E-state index is 5.89. The van der Waals surface area contributed by atoms with E-state index in [2.05, 4.69) is 32.9 Å². The summed E-state index contributed by atoms with van der Waals surface area (Å²) in [6.07, 6.45) is 3.39. The zero-order chi connectivity index (χ0) is 15.1. The van der Waals surface area contributed by atoms with Gasteiger partial charge in [0, 0.05) is 0 Å². The summed E-state index contributed by atoms with van der Waals surface area (Å²) in [7, 11) is 0. The van der Waals surface area contributed by atoms with Gasteiger partial charge in [-0.05, 0) is 61.2 Å². The van der Waals surface area contributed by atoms with Crippen LogP contribution in [0.2, 0.25) is 0 Å². The Balaban J connectivity index is 1.98. The van der Waals surface area contributed by atoms with E-state index in [0.717, 1.165) is 36.5 Å². The van der Waals surface area contributed by atoms with Crippen LogP contribution in [0.5, 0.6) is 17.2 Å². The third kappa shape index (κ3) is 4.52. The highest BCUT2D eigenvalue weighted by atomic mass is 16.5. The SMILES string of the molecule is CCc1ccc(Oc2ccc(OC(CC)CC)cc2)cc1. The minimum Gasteiger partial charge on any atom is -0.490 e. The highest BCUT2D eigenvalue weighted by Gasteiger charge is 2.05. The topological polar surface area (TPSA) is 18.5 Å². The van der Waals surface area contributed by atoms with Gasteiger partial charge in [0.15, 0.2) is 0 Å². The van der Waals surface area contributed by atoms with Crippen LogP contribution in [0.4, 0.5) is 0 Å². The first-order valence-corrected chi connectivity index (χ1v) is 7.78. The molecule has 0 atom stereocenters. The van der Waals surface area contributed by atoms with Crippen molar-refractivity contribution in [2.24, 2.45) is 0 Å². The molecule has 112 valence electrons. The predicted octanol–water partition coefficient (Wildman–Crippen LogP) is 5.61. The number of hydrogen-bond acceptors (Lipinski definition) is 2. The molecule has 0 saturated heterocycles. The second-order valence-electron chi connectivity index (χ2n) is 5.13. The average molecular weight is 284 g/mol. The standard InChI is InChI=1S/C19H24O2/c1-4-15-7-9-17(10-8-15)21-19-13-11-18(12-14-19)20-16(5-2)6-3/h7-14,16H,4-6H2,1-3H3. The van der Waals surface area contributed by atoms with Crippen molar-refractivity contribution in [2.75, 3.05) is 0 Å². The van der Waals surface area contributed by atoms with Gasteiger partial charge in [0.05, 0.1) is 6.10 Å². The molecule has 2 nitrogen and oxygen atoms in total. The van der Waals surface area contributed by atoms with Gasteiger partial charge in [-0.15, -0.1) is 0 Å². The summed E-state index contributed by atoms with van der Waals surface area (Å²) in [6.45, 7) is 6.44. The molecule has 0 aliphatic rings. The van der Waals surface area contributed by atoms with Crippen molar-refractivity contribution in [1.82, 2.24) is 0 Å². The van der Waals surface area contributed by atoms with Crippen LogP contribution >= 0.6 is 0 Å². The lowest BCUT2D eigenvalue weighted by Gasteiger charge is -2.15. The monoisotopic (exact) mass is 284 g/mol. The summed E-state index contributed by atoms with van der Waals surface area (Å²) in [5.41, 5.74) is 1.32. The molecule has 0 aliphatic carbocycles. The summed E-state index contributed by atoms with van der Waals surface area (Å²) in [6, 6.07) is 16.0. The molecule has 0 spiro atoms. The molecule has 0 unspecified atom stereocenters. The lowest BCUT2D eigenvalue weighted by Crippen LogP contribution is -2.13. The Morgan fingerprint density at radius 1 is 0.714 bits per heavy atom. The maximum absolute atomic E-state index is 5.89. The molecule has 0 saturated carbocycles. The minimum atomic E-state index is 0.290. The first-order valence-electron chi connectivity index (χ1n) is 7.78. The smallest absolute Gasteiger partial charge is 0.127 e. The van der Waals surface area contributed by atoms with Gasteiger partial charge < -0.3 is 9.47 Å². The van der Waals surface area contributed by atoms with Gasteiger partial charge in [0.2, 0.25) is 0 Å². The molecule has 21 heavy (non-hydrogen) atoms. The summed E-state index contributed by atoms with van der Waals surface area (Å²) in [5.74, 6) is 2.59. The molecule has 0 heterocycles. The van der Waals surface area contributed by atoms with Crippen LogP contribution in [0.1, 0.15) is 39.2 Å². The molecule has 2 aromatic carbocycles. The van der Waals surface area contributed by atoms with Gasteiger partial charge in [0.25, 0.3) is 0 Å². The lowest BCUT2D eigenvalue weighted by molar-refractivity contribution is 0.192. The summed E-state index contributed by atoms with van der Waals surface area (Å²) in [4.78, 5) is 0. The Labute approximate surface area is 127 Å². The van der Waals surface area contributed by atoms with Crippen LogP contribution in [0.15, 0.2) is 48.5 Å². The van der Waals surface area contributed by atoms with Crippen LogP contribution in [-0.4, -0.2) is 6.10 Å². The average Bonchev–Trinajstić information content (AvgIpc) is 2.55. The second kappa shape index (κ2) is 7.72. The fraction of sp³-hybridized carbons (Fsp3) is 0.368. The van der Waals surface area contributed by atoms with Crippen LogP contribution < -0.4 is 9.47 Å². The first-order chi connectivity index (χ1) is 10.2. The van der Waals surface area contributed by atoms with Crippen molar-refractivity contribution in [2.45, 2.75) is 46.1 Å². The lowest BCUT2D eigenvalue weighted by atomic mass is 10.2. The van der Waals surface area contributed by atoms with E-state index in [-0.39, 0.29) is 0 Å². The molecule has 0 radical (unpaired) electrons. The van der Waals surface area contributed by atoms with E-state index in [4.69, 9.17) is 9.47 Å². The summed E-state index contributed by atoms with van der Waals surface area (Å²) >= 11 is 0. The highest BCUT2D eigenvalue weighted by molar-refractivity contribution is 5.36. The summed E-state index contributed by atoms with van der Waals surface area (Å²) in [5, 5.41) is 0. The van der Waals surface area contributed by atoms with Crippen molar-refractivity contribution in [3.8, 4) is 17.2 Å². The minimum absolute atomic E-state index is 0.290.